The Labute approximate surface area is 114 Å². The van der Waals surface area contributed by atoms with Crippen LogP contribution in [0.3, 0.4) is 0 Å². The van der Waals surface area contributed by atoms with E-state index in [-0.39, 0.29) is 0 Å². The molecule has 2 heterocycles. The van der Waals surface area contributed by atoms with Crippen LogP contribution < -0.4 is 0 Å². The molecule has 0 amide bonds. The molecule has 2 aliphatic rings. The molecule has 2 heteroatoms. The van der Waals surface area contributed by atoms with Crippen LogP contribution >= 0.6 is 0 Å². The van der Waals surface area contributed by atoms with E-state index in [1.807, 2.05) is 0 Å². The maximum absolute atomic E-state index is 2.87. The summed E-state index contributed by atoms with van der Waals surface area (Å²) in [6.07, 6.45) is 5.39. The van der Waals surface area contributed by atoms with Crippen LogP contribution in [0.1, 0.15) is 60.3 Å². The van der Waals surface area contributed by atoms with E-state index in [0.29, 0.717) is 5.54 Å². The molecule has 2 atom stereocenters. The van der Waals surface area contributed by atoms with Crippen LogP contribution in [-0.4, -0.2) is 47.1 Å². The Kier molecular flexibility index (Phi) is 4.38. The molecular weight excluding hydrogens is 220 g/mol. The molecule has 0 N–H and O–H groups in total. The summed E-state index contributed by atoms with van der Waals surface area (Å²) in [6, 6.07) is 1.60. The maximum atomic E-state index is 2.87. The van der Waals surface area contributed by atoms with Gasteiger partial charge < -0.3 is 0 Å². The Morgan fingerprint density at radius 2 is 1.83 bits per heavy atom. The van der Waals surface area contributed by atoms with Gasteiger partial charge >= 0.3 is 0 Å². The highest BCUT2D eigenvalue weighted by atomic mass is 15.3. The molecule has 2 saturated heterocycles. The first-order valence-corrected chi connectivity index (χ1v) is 8.02. The number of piperazine rings is 1. The summed E-state index contributed by atoms with van der Waals surface area (Å²) >= 11 is 0. The van der Waals surface area contributed by atoms with Gasteiger partial charge in [0.2, 0.25) is 0 Å². The van der Waals surface area contributed by atoms with Crippen LogP contribution in [0.25, 0.3) is 0 Å². The highest BCUT2D eigenvalue weighted by Gasteiger charge is 2.43. The lowest BCUT2D eigenvalue weighted by Gasteiger charge is -2.53. The fraction of sp³-hybridized carbons (Fsp3) is 1.00. The van der Waals surface area contributed by atoms with Crippen molar-refractivity contribution in [2.24, 2.45) is 5.92 Å². The Morgan fingerprint density at radius 1 is 1.17 bits per heavy atom. The molecule has 2 nitrogen and oxygen atoms in total. The molecule has 18 heavy (non-hydrogen) atoms. The minimum Gasteiger partial charge on any atom is -0.298 e. The van der Waals surface area contributed by atoms with Crippen molar-refractivity contribution < 1.29 is 0 Å². The number of rotatable bonds is 4. The number of hydrogen-bond acceptors (Lipinski definition) is 2. The third-order valence-electron chi connectivity index (χ3n) is 5.71. The molecule has 0 spiro atoms. The van der Waals surface area contributed by atoms with E-state index >= 15 is 0 Å². The van der Waals surface area contributed by atoms with Crippen LogP contribution in [0.2, 0.25) is 0 Å². The molecule has 2 fully saturated rings. The van der Waals surface area contributed by atoms with Crippen molar-refractivity contribution in [2.45, 2.75) is 77.9 Å². The summed E-state index contributed by atoms with van der Waals surface area (Å²) < 4.78 is 0. The molecular formula is C16H32N2. The molecule has 0 aromatic rings. The highest BCUT2D eigenvalue weighted by Crippen LogP contribution is 2.35. The predicted octanol–water partition coefficient (Wildman–Crippen LogP) is 3.37. The van der Waals surface area contributed by atoms with Gasteiger partial charge in [0, 0.05) is 30.7 Å². The van der Waals surface area contributed by atoms with Crippen LogP contribution in [0.5, 0.6) is 0 Å². The zero-order valence-corrected chi connectivity index (χ0v) is 13.1. The average molecular weight is 252 g/mol. The standard InChI is InChI=1S/C16H32N2/c1-6-16(5,7-2)18-11-14-9-8-10-17(14)12-15(18)13(3)4/h13-15H,6-12H2,1-5H3. The Hall–Kier alpha value is -0.0800. The summed E-state index contributed by atoms with van der Waals surface area (Å²) in [5, 5.41) is 0. The Balaban J connectivity index is 2.19. The lowest BCUT2D eigenvalue weighted by molar-refractivity contribution is -0.0434. The topological polar surface area (TPSA) is 6.48 Å². The van der Waals surface area contributed by atoms with Gasteiger partial charge in [-0.15, -0.1) is 0 Å². The fourth-order valence-electron chi connectivity index (χ4n) is 3.89. The molecule has 0 bridgehead atoms. The van der Waals surface area contributed by atoms with E-state index in [1.54, 1.807) is 0 Å². The first-order valence-electron chi connectivity index (χ1n) is 8.02. The van der Waals surface area contributed by atoms with Gasteiger partial charge in [-0.25, -0.2) is 0 Å². The van der Waals surface area contributed by atoms with Crippen LogP contribution in [0.15, 0.2) is 0 Å². The molecule has 2 rings (SSSR count). The Morgan fingerprint density at radius 3 is 2.39 bits per heavy atom. The van der Waals surface area contributed by atoms with Gasteiger partial charge in [0.1, 0.15) is 0 Å². The summed E-state index contributed by atoms with van der Waals surface area (Å²) in [6.45, 7) is 16.0. The predicted molar refractivity (Wildman–Crippen MR) is 78.9 cm³/mol. The van der Waals surface area contributed by atoms with Crippen molar-refractivity contribution in [3.8, 4) is 0 Å². The number of nitrogens with zero attached hydrogens (tertiary/aromatic N) is 2. The molecule has 0 aliphatic carbocycles. The van der Waals surface area contributed by atoms with Crippen LogP contribution in [0.4, 0.5) is 0 Å². The maximum Gasteiger partial charge on any atom is 0.0252 e. The zero-order chi connectivity index (χ0) is 13.3. The van der Waals surface area contributed by atoms with E-state index in [2.05, 4.69) is 44.4 Å². The lowest BCUT2D eigenvalue weighted by atomic mass is 9.86. The molecule has 106 valence electrons. The van der Waals surface area contributed by atoms with E-state index in [0.717, 1.165) is 18.0 Å². The Bertz CT molecular complexity index is 270. The van der Waals surface area contributed by atoms with Crippen LogP contribution in [0, 0.1) is 5.92 Å². The molecule has 2 unspecified atom stereocenters. The minimum absolute atomic E-state index is 0.406. The molecule has 0 saturated carbocycles. The molecule has 0 aromatic heterocycles. The average Bonchev–Trinajstić information content (AvgIpc) is 2.83. The van der Waals surface area contributed by atoms with Gasteiger partial charge in [0.15, 0.2) is 0 Å². The number of fused-ring (bicyclic) bond motifs is 1. The third kappa shape index (κ3) is 2.46. The smallest absolute Gasteiger partial charge is 0.0252 e. The van der Waals surface area contributed by atoms with E-state index in [4.69, 9.17) is 0 Å². The lowest BCUT2D eigenvalue weighted by Crippen LogP contribution is -2.64. The summed E-state index contributed by atoms with van der Waals surface area (Å²) in [7, 11) is 0. The summed E-state index contributed by atoms with van der Waals surface area (Å²) in [4.78, 5) is 5.62. The first-order chi connectivity index (χ1) is 8.51. The van der Waals surface area contributed by atoms with Gasteiger partial charge in [-0.3, -0.25) is 9.80 Å². The second kappa shape index (κ2) is 5.50. The van der Waals surface area contributed by atoms with Gasteiger partial charge in [-0.2, -0.15) is 0 Å². The van der Waals surface area contributed by atoms with Crippen LogP contribution in [-0.2, 0) is 0 Å². The summed E-state index contributed by atoms with van der Waals surface area (Å²) in [5.41, 5.74) is 0.406. The molecule has 0 aromatic carbocycles. The van der Waals surface area contributed by atoms with Crippen molar-refractivity contribution in [1.82, 2.24) is 9.80 Å². The van der Waals surface area contributed by atoms with Crippen molar-refractivity contribution in [1.29, 1.82) is 0 Å². The van der Waals surface area contributed by atoms with E-state index < -0.39 is 0 Å². The van der Waals surface area contributed by atoms with Gasteiger partial charge in [0.05, 0.1) is 0 Å². The minimum atomic E-state index is 0.406. The SMILES string of the molecule is CCC(C)(CC)N1CC2CCCN2CC1C(C)C. The largest absolute Gasteiger partial charge is 0.298 e. The quantitative estimate of drug-likeness (QED) is 0.757. The van der Waals surface area contributed by atoms with Crippen molar-refractivity contribution in [2.75, 3.05) is 19.6 Å². The molecule has 2 aliphatic heterocycles. The summed E-state index contributed by atoms with van der Waals surface area (Å²) in [5.74, 6) is 0.768. The number of hydrogen-bond donors (Lipinski definition) is 0. The van der Waals surface area contributed by atoms with Gasteiger partial charge in [-0.1, -0.05) is 27.7 Å². The molecule has 0 radical (unpaired) electrons. The van der Waals surface area contributed by atoms with Gasteiger partial charge in [-0.05, 0) is 45.1 Å². The van der Waals surface area contributed by atoms with Crippen molar-refractivity contribution >= 4 is 0 Å². The zero-order valence-electron chi connectivity index (χ0n) is 13.1. The van der Waals surface area contributed by atoms with Crippen molar-refractivity contribution in [3.63, 3.8) is 0 Å². The fourth-order valence-corrected chi connectivity index (χ4v) is 3.89. The third-order valence-corrected chi connectivity index (χ3v) is 5.71. The van der Waals surface area contributed by atoms with Gasteiger partial charge in [0.25, 0.3) is 0 Å². The highest BCUT2D eigenvalue weighted by molar-refractivity contribution is 4.99. The first kappa shape index (κ1) is 14.3. The van der Waals surface area contributed by atoms with Crippen molar-refractivity contribution in [3.05, 3.63) is 0 Å². The second-order valence-electron chi connectivity index (χ2n) is 6.96. The second-order valence-corrected chi connectivity index (χ2v) is 6.96. The monoisotopic (exact) mass is 252 g/mol. The normalized spacial score (nSPS) is 31.0. The van der Waals surface area contributed by atoms with E-state index in [9.17, 15) is 0 Å². The van der Waals surface area contributed by atoms with E-state index in [1.165, 1.54) is 45.3 Å².